The molecule has 0 bridgehead atoms. The summed E-state index contributed by atoms with van der Waals surface area (Å²) in [6.07, 6.45) is -0.784. The maximum Gasteiger partial charge on any atom is 0.412 e. The van der Waals surface area contributed by atoms with E-state index < -0.39 is 23.6 Å². The van der Waals surface area contributed by atoms with Crippen LogP contribution >= 0.6 is 11.8 Å². The van der Waals surface area contributed by atoms with Gasteiger partial charge in [-0.2, -0.15) is 0 Å². The van der Waals surface area contributed by atoms with E-state index in [2.05, 4.69) is 14.8 Å². The Labute approximate surface area is 122 Å². The zero-order valence-corrected chi connectivity index (χ0v) is 13.0. The van der Waals surface area contributed by atoms with Gasteiger partial charge < -0.3 is 14.2 Å². The maximum atomic E-state index is 11.6. The molecule has 0 atom stereocenters. The van der Waals surface area contributed by atoms with Crippen molar-refractivity contribution >= 4 is 29.8 Å². The Bertz CT molecular complexity index is 399. The molecule has 1 amide bonds. The van der Waals surface area contributed by atoms with Gasteiger partial charge in [-0.15, -0.1) is 11.8 Å². The summed E-state index contributed by atoms with van der Waals surface area (Å²) in [5.41, 5.74) is -0.805. The molecule has 114 valence electrons. The lowest BCUT2D eigenvalue weighted by molar-refractivity contribution is -0.138. The van der Waals surface area contributed by atoms with Crippen LogP contribution in [0.4, 0.5) is 4.79 Å². The summed E-state index contributed by atoms with van der Waals surface area (Å²) in [4.78, 5) is 34.0. The first-order valence-corrected chi connectivity index (χ1v) is 6.71. The third kappa shape index (κ3) is 8.41. The zero-order valence-electron chi connectivity index (χ0n) is 12.1. The minimum atomic E-state index is -0.784. The fraction of sp³-hybridized carbons (Fsp3) is 0.583. The average molecular weight is 305 g/mol. The monoisotopic (exact) mass is 305 g/mol. The molecule has 0 aromatic heterocycles. The molecule has 0 aromatic rings. The van der Waals surface area contributed by atoms with E-state index in [-0.39, 0.29) is 11.4 Å². The van der Waals surface area contributed by atoms with Crippen molar-refractivity contribution in [2.24, 2.45) is 0 Å². The molecular formula is C12H19NO6S. The first-order chi connectivity index (χ1) is 9.19. The van der Waals surface area contributed by atoms with Gasteiger partial charge in [-0.1, -0.05) is 0 Å². The van der Waals surface area contributed by atoms with Gasteiger partial charge in [0.1, 0.15) is 11.3 Å². The quantitative estimate of drug-likeness (QED) is 0.467. The highest BCUT2D eigenvalue weighted by atomic mass is 32.2. The van der Waals surface area contributed by atoms with Crippen LogP contribution in [0.2, 0.25) is 0 Å². The number of carbonyl (C=O) groups excluding carboxylic acids is 3. The number of amides is 1. The molecule has 0 aliphatic heterocycles. The van der Waals surface area contributed by atoms with Gasteiger partial charge >= 0.3 is 18.0 Å². The Morgan fingerprint density at radius 1 is 1.15 bits per heavy atom. The van der Waals surface area contributed by atoms with Gasteiger partial charge in [-0.25, -0.2) is 9.59 Å². The number of carbonyl (C=O) groups is 3. The minimum absolute atomic E-state index is 0.00694. The van der Waals surface area contributed by atoms with Crippen molar-refractivity contribution < 1.29 is 28.6 Å². The van der Waals surface area contributed by atoms with E-state index in [9.17, 15) is 14.4 Å². The summed E-state index contributed by atoms with van der Waals surface area (Å²) >= 11 is 0.990. The van der Waals surface area contributed by atoms with Crippen LogP contribution in [0, 0.1) is 0 Å². The number of thioether (sulfide) groups is 1. The Hall–Kier alpha value is -1.70. The molecule has 0 radical (unpaired) electrons. The number of esters is 2. The number of ether oxygens (including phenoxy) is 3. The van der Waals surface area contributed by atoms with Crippen LogP contribution in [-0.4, -0.2) is 43.6 Å². The maximum absolute atomic E-state index is 11.6. The van der Waals surface area contributed by atoms with Gasteiger partial charge in [-0.3, -0.25) is 10.1 Å². The molecule has 0 aliphatic carbocycles. The summed E-state index contributed by atoms with van der Waals surface area (Å²) in [7, 11) is 2.44. The molecule has 0 saturated heterocycles. The van der Waals surface area contributed by atoms with Crippen molar-refractivity contribution in [1.82, 2.24) is 5.32 Å². The standard InChI is InChI=1S/C12H19NO6S/c1-12(2,3)19-11(16)13-8(10(15)18-5)6-20-7-9(14)17-4/h6H,7H2,1-5H3,(H,13,16)/b8-6+. The molecule has 0 aromatic carbocycles. The lowest BCUT2D eigenvalue weighted by Gasteiger charge is -2.20. The first-order valence-electron chi connectivity index (χ1n) is 5.66. The number of alkyl carbamates (subject to hydrolysis) is 1. The Balaban J connectivity index is 4.65. The van der Waals surface area contributed by atoms with Crippen LogP contribution in [0.1, 0.15) is 20.8 Å². The van der Waals surface area contributed by atoms with E-state index in [0.717, 1.165) is 11.8 Å². The Morgan fingerprint density at radius 3 is 2.20 bits per heavy atom. The van der Waals surface area contributed by atoms with Gasteiger partial charge in [-0.05, 0) is 20.8 Å². The Kier molecular flexibility index (Phi) is 7.75. The molecular weight excluding hydrogens is 286 g/mol. The first kappa shape index (κ1) is 18.3. The van der Waals surface area contributed by atoms with Crippen molar-refractivity contribution in [2.75, 3.05) is 20.0 Å². The van der Waals surface area contributed by atoms with Crippen LogP contribution in [-0.2, 0) is 23.8 Å². The normalized spacial score (nSPS) is 11.6. The lowest BCUT2D eigenvalue weighted by atomic mass is 10.2. The van der Waals surface area contributed by atoms with Gasteiger partial charge in [0, 0.05) is 5.41 Å². The van der Waals surface area contributed by atoms with Crippen LogP contribution in [0.15, 0.2) is 11.1 Å². The van der Waals surface area contributed by atoms with Gasteiger partial charge in [0.05, 0.1) is 20.0 Å². The van der Waals surface area contributed by atoms with Crippen molar-refractivity contribution in [3.8, 4) is 0 Å². The molecule has 7 nitrogen and oxygen atoms in total. The molecule has 8 heteroatoms. The van der Waals surface area contributed by atoms with Gasteiger partial charge in [0.25, 0.3) is 0 Å². The highest BCUT2D eigenvalue weighted by Gasteiger charge is 2.20. The minimum Gasteiger partial charge on any atom is -0.468 e. The van der Waals surface area contributed by atoms with E-state index in [1.54, 1.807) is 20.8 Å². The third-order valence-corrected chi connectivity index (χ3v) is 2.48. The number of rotatable bonds is 5. The topological polar surface area (TPSA) is 90.9 Å². The fourth-order valence-corrected chi connectivity index (χ4v) is 1.56. The van der Waals surface area contributed by atoms with E-state index in [1.165, 1.54) is 19.6 Å². The summed E-state index contributed by atoms with van der Waals surface area (Å²) in [6, 6.07) is 0. The molecule has 0 aliphatic rings. The number of hydrogen-bond acceptors (Lipinski definition) is 7. The smallest absolute Gasteiger partial charge is 0.412 e. The van der Waals surface area contributed by atoms with E-state index >= 15 is 0 Å². The largest absolute Gasteiger partial charge is 0.468 e. The van der Waals surface area contributed by atoms with Gasteiger partial charge in [0.15, 0.2) is 0 Å². The number of hydrogen-bond donors (Lipinski definition) is 1. The molecule has 0 rings (SSSR count). The molecule has 0 saturated carbocycles. The van der Waals surface area contributed by atoms with E-state index in [4.69, 9.17) is 4.74 Å². The fourth-order valence-electron chi connectivity index (χ4n) is 0.904. The second-order valence-corrected chi connectivity index (χ2v) is 5.39. The SMILES string of the molecule is COC(=O)CS/C=C(/NC(=O)OC(C)(C)C)C(=O)OC. The summed E-state index contributed by atoms with van der Waals surface area (Å²) in [6.45, 7) is 5.08. The van der Waals surface area contributed by atoms with Gasteiger partial charge in [0.2, 0.25) is 0 Å². The molecule has 0 spiro atoms. The second kappa shape index (κ2) is 8.47. The lowest BCUT2D eigenvalue weighted by Crippen LogP contribution is -2.34. The predicted molar refractivity (Wildman–Crippen MR) is 73.9 cm³/mol. The number of methoxy groups -OCH3 is 2. The number of nitrogens with one attached hydrogen (secondary N) is 1. The average Bonchev–Trinajstić information content (AvgIpc) is 2.34. The van der Waals surface area contributed by atoms with E-state index in [0.29, 0.717) is 0 Å². The van der Waals surface area contributed by atoms with Crippen molar-refractivity contribution in [3.63, 3.8) is 0 Å². The van der Waals surface area contributed by atoms with Crippen LogP contribution in [0.5, 0.6) is 0 Å². The molecule has 0 heterocycles. The molecule has 0 fully saturated rings. The molecule has 20 heavy (non-hydrogen) atoms. The predicted octanol–water partition coefficient (Wildman–Crippen LogP) is 1.43. The highest BCUT2D eigenvalue weighted by molar-refractivity contribution is 8.02. The Morgan fingerprint density at radius 2 is 1.75 bits per heavy atom. The molecule has 1 N–H and O–H groups in total. The van der Waals surface area contributed by atoms with Crippen molar-refractivity contribution in [2.45, 2.75) is 26.4 Å². The summed E-state index contributed by atoms with van der Waals surface area (Å²) in [5.74, 6) is -1.19. The van der Waals surface area contributed by atoms with E-state index in [1.807, 2.05) is 0 Å². The summed E-state index contributed by atoms with van der Waals surface area (Å²) < 4.78 is 14.0. The van der Waals surface area contributed by atoms with Crippen molar-refractivity contribution in [1.29, 1.82) is 0 Å². The molecule has 0 unspecified atom stereocenters. The van der Waals surface area contributed by atoms with Crippen LogP contribution in [0.25, 0.3) is 0 Å². The summed E-state index contributed by atoms with van der Waals surface area (Å²) in [5, 5.41) is 3.57. The second-order valence-electron chi connectivity index (χ2n) is 4.54. The third-order valence-electron chi connectivity index (χ3n) is 1.67. The van der Waals surface area contributed by atoms with Crippen LogP contribution in [0.3, 0.4) is 0 Å². The zero-order chi connectivity index (χ0) is 15.8. The highest BCUT2D eigenvalue weighted by Crippen LogP contribution is 2.10. The van der Waals surface area contributed by atoms with Crippen molar-refractivity contribution in [3.05, 3.63) is 11.1 Å². The van der Waals surface area contributed by atoms with Crippen LogP contribution < -0.4 is 5.32 Å².